The predicted molar refractivity (Wildman–Crippen MR) is 78.8 cm³/mol. The molecule has 0 saturated carbocycles. The molecule has 1 heterocycles. The van der Waals surface area contributed by atoms with Gasteiger partial charge in [0.05, 0.1) is 21.7 Å². The fourth-order valence-corrected chi connectivity index (χ4v) is 2.61. The summed E-state index contributed by atoms with van der Waals surface area (Å²) in [4.78, 5) is 9.39. The number of carbonyl (C=O) groups is 1. The highest BCUT2D eigenvalue weighted by Gasteiger charge is 2.38. The van der Waals surface area contributed by atoms with Gasteiger partial charge in [-0.05, 0) is 12.1 Å². The van der Waals surface area contributed by atoms with E-state index in [9.17, 15) is 30.6 Å². The van der Waals surface area contributed by atoms with Crippen molar-refractivity contribution < 1.29 is 40.5 Å². The van der Waals surface area contributed by atoms with E-state index in [-0.39, 0.29) is 10.9 Å². The van der Waals surface area contributed by atoms with Crippen molar-refractivity contribution in [2.45, 2.75) is 12.4 Å². The molecule has 2 N–H and O–H groups in total. The van der Waals surface area contributed by atoms with Crippen LogP contribution in [-0.4, -0.2) is 39.4 Å². The van der Waals surface area contributed by atoms with Crippen LogP contribution in [0, 0.1) is 5.92 Å². The maximum Gasteiger partial charge on any atom is 0.490 e. The minimum Gasteiger partial charge on any atom is -0.475 e. The van der Waals surface area contributed by atoms with Crippen LogP contribution in [0.3, 0.4) is 0 Å². The molecule has 1 saturated heterocycles. The van der Waals surface area contributed by atoms with Gasteiger partial charge in [-0.15, -0.1) is 0 Å². The summed E-state index contributed by atoms with van der Waals surface area (Å²) in [5, 5.41) is 10.1. The van der Waals surface area contributed by atoms with Gasteiger partial charge in [0, 0.05) is 29.6 Å². The third-order valence-electron chi connectivity index (χ3n) is 3.05. The standard InChI is InChI=1S/C11H9ClF3NOS.C2HF3O2/c12-9-3-7(11(13,14)15)1-2-8(9)10(18-17)6-4-16-5-6;3-2(4,5)1(6)7/h1-3,6,16H,4-5H2;(H,6,7). The maximum atomic E-state index is 12.5. The number of hydrogen-bond donors (Lipinski definition) is 2. The number of rotatable bonds is 2. The Kier molecular flexibility index (Phi) is 7.03. The second kappa shape index (κ2) is 8.19. The Hall–Kier alpha value is -1.59. The van der Waals surface area contributed by atoms with Crippen molar-refractivity contribution in [3.05, 3.63) is 34.3 Å². The second-order valence-electron chi connectivity index (χ2n) is 4.80. The third-order valence-corrected chi connectivity index (χ3v) is 4.09. The molecule has 1 aliphatic heterocycles. The Bertz CT molecular complexity index is 696. The number of aliphatic carboxylic acids is 1. The van der Waals surface area contributed by atoms with Crippen LogP contribution < -0.4 is 5.32 Å². The molecule has 0 aromatic heterocycles. The molecule has 0 bridgehead atoms. The van der Waals surface area contributed by atoms with E-state index in [4.69, 9.17) is 21.5 Å². The zero-order chi connectivity index (χ0) is 19.4. The molecule has 0 aliphatic carbocycles. The van der Waals surface area contributed by atoms with Crippen LogP contribution >= 0.6 is 11.6 Å². The first-order valence-electron chi connectivity index (χ1n) is 6.42. The van der Waals surface area contributed by atoms with E-state index in [0.29, 0.717) is 34.8 Å². The van der Waals surface area contributed by atoms with E-state index < -0.39 is 23.9 Å². The molecule has 4 nitrogen and oxygen atoms in total. The number of carboxylic acid groups (broad SMARTS) is 1. The highest BCUT2D eigenvalue weighted by Crippen LogP contribution is 2.32. The Morgan fingerprint density at radius 1 is 1.20 bits per heavy atom. The lowest BCUT2D eigenvalue weighted by atomic mass is 9.93. The molecule has 1 aliphatic rings. The molecule has 1 aromatic rings. The summed E-state index contributed by atoms with van der Waals surface area (Å²) in [6.45, 7) is 1.31. The average molecular weight is 410 g/mol. The SMILES string of the molecule is O=C(O)C(F)(F)F.O=S=C(c1ccc(C(F)(F)F)cc1Cl)C1CNC1. The molecule has 140 valence electrons. The van der Waals surface area contributed by atoms with E-state index in [1.54, 1.807) is 0 Å². The number of benzene rings is 1. The summed E-state index contributed by atoms with van der Waals surface area (Å²) in [6.07, 6.45) is -9.51. The lowest BCUT2D eigenvalue weighted by Gasteiger charge is -2.28. The van der Waals surface area contributed by atoms with E-state index in [0.717, 1.165) is 12.1 Å². The molecule has 0 unspecified atom stereocenters. The van der Waals surface area contributed by atoms with Crippen molar-refractivity contribution in [1.82, 2.24) is 5.32 Å². The first-order valence-corrected chi connectivity index (χ1v) is 7.54. The average Bonchev–Trinajstić information content (AvgIpc) is 2.41. The Morgan fingerprint density at radius 3 is 2.00 bits per heavy atom. The molecule has 1 fully saturated rings. The quantitative estimate of drug-likeness (QED) is 0.448. The van der Waals surface area contributed by atoms with Crippen LogP contribution in [0.4, 0.5) is 26.3 Å². The van der Waals surface area contributed by atoms with Crippen molar-refractivity contribution >= 4 is 33.7 Å². The molecule has 12 heteroatoms. The van der Waals surface area contributed by atoms with Gasteiger partial charge >= 0.3 is 18.3 Å². The molecule has 0 radical (unpaired) electrons. The van der Waals surface area contributed by atoms with E-state index in [1.807, 2.05) is 0 Å². The molecule has 0 amide bonds. The first-order chi connectivity index (χ1) is 11.4. The Labute approximate surface area is 145 Å². The third kappa shape index (κ3) is 6.01. The van der Waals surface area contributed by atoms with Gasteiger partial charge in [-0.3, -0.25) is 0 Å². The van der Waals surface area contributed by atoms with E-state index in [2.05, 4.69) is 5.32 Å². The topological polar surface area (TPSA) is 66.4 Å². The largest absolute Gasteiger partial charge is 0.490 e. The van der Waals surface area contributed by atoms with Crippen molar-refractivity contribution in [3.8, 4) is 0 Å². The number of hydrogen-bond acceptors (Lipinski definition) is 3. The smallest absolute Gasteiger partial charge is 0.475 e. The number of nitrogens with one attached hydrogen (secondary N) is 1. The Morgan fingerprint density at radius 2 is 1.72 bits per heavy atom. The predicted octanol–water partition coefficient (Wildman–Crippen LogP) is 2.95. The van der Waals surface area contributed by atoms with E-state index in [1.165, 1.54) is 6.07 Å². The minimum absolute atomic E-state index is 0.0323. The summed E-state index contributed by atoms with van der Waals surface area (Å²) in [6, 6.07) is 3.08. The minimum atomic E-state index is -5.08. The monoisotopic (exact) mass is 409 g/mol. The van der Waals surface area contributed by atoms with Gasteiger partial charge in [-0.1, -0.05) is 17.7 Å². The molecule has 0 spiro atoms. The van der Waals surface area contributed by atoms with Crippen LogP contribution in [0.1, 0.15) is 11.1 Å². The normalized spacial score (nSPS) is 14.8. The van der Waals surface area contributed by atoms with Crippen LogP contribution in [-0.2, 0) is 22.2 Å². The highest BCUT2D eigenvalue weighted by atomic mass is 35.5. The Balaban J connectivity index is 0.000000381. The lowest BCUT2D eigenvalue weighted by molar-refractivity contribution is -0.192. The van der Waals surface area contributed by atoms with Gasteiger partial charge in [0.2, 0.25) is 0 Å². The molecule has 25 heavy (non-hydrogen) atoms. The highest BCUT2D eigenvalue weighted by molar-refractivity contribution is 7.67. The van der Waals surface area contributed by atoms with Crippen molar-refractivity contribution in [2.24, 2.45) is 5.92 Å². The lowest BCUT2D eigenvalue weighted by Crippen LogP contribution is -2.46. The fourth-order valence-electron chi connectivity index (χ4n) is 1.70. The van der Waals surface area contributed by atoms with Gasteiger partial charge < -0.3 is 10.4 Å². The summed E-state index contributed by atoms with van der Waals surface area (Å²) >= 11 is 6.14. The number of alkyl halides is 6. The van der Waals surface area contributed by atoms with Crippen LogP contribution in [0.25, 0.3) is 0 Å². The molecule has 0 atom stereocenters. The van der Waals surface area contributed by atoms with Crippen LogP contribution in [0.2, 0.25) is 5.02 Å². The molecular formula is C13H10ClF6NO3S. The van der Waals surface area contributed by atoms with Crippen LogP contribution in [0.15, 0.2) is 18.2 Å². The van der Waals surface area contributed by atoms with Gasteiger partial charge in [-0.2, -0.15) is 26.3 Å². The van der Waals surface area contributed by atoms with Crippen LogP contribution in [0.5, 0.6) is 0 Å². The molecular weight excluding hydrogens is 400 g/mol. The van der Waals surface area contributed by atoms with Crippen molar-refractivity contribution in [1.29, 1.82) is 0 Å². The maximum absolute atomic E-state index is 12.5. The molecule has 2 rings (SSSR count). The zero-order valence-corrected chi connectivity index (χ0v) is 13.6. The van der Waals surface area contributed by atoms with E-state index >= 15 is 0 Å². The van der Waals surface area contributed by atoms with Crippen molar-refractivity contribution in [3.63, 3.8) is 0 Å². The summed E-state index contributed by atoms with van der Waals surface area (Å²) in [5.41, 5.74) is -0.408. The first kappa shape index (κ1) is 21.5. The van der Waals surface area contributed by atoms with Gasteiger partial charge in [-0.25, -0.2) is 9.00 Å². The van der Waals surface area contributed by atoms with Gasteiger partial charge in [0.1, 0.15) is 0 Å². The van der Waals surface area contributed by atoms with Crippen molar-refractivity contribution in [2.75, 3.05) is 13.1 Å². The number of halogens is 7. The zero-order valence-electron chi connectivity index (χ0n) is 12.0. The fraction of sp³-hybridized carbons (Fsp3) is 0.385. The summed E-state index contributed by atoms with van der Waals surface area (Å²) in [7, 11) is 0. The molecule has 1 aromatic carbocycles. The van der Waals surface area contributed by atoms with Gasteiger partial charge in [0.15, 0.2) is 0 Å². The summed E-state index contributed by atoms with van der Waals surface area (Å²) < 4.78 is 80.2. The summed E-state index contributed by atoms with van der Waals surface area (Å²) in [5.74, 6) is -2.71. The second-order valence-corrected chi connectivity index (χ2v) is 5.81. The number of carboxylic acids is 1. The van der Waals surface area contributed by atoms with Gasteiger partial charge in [0.25, 0.3) is 0 Å².